The molecule has 1 fully saturated rings. The van der Waals surface area contributed by atoms with E-state index in [0.717, 1.165) is 12.1 Å². The van der Waals surface area contributed by atoms with Gasteiger partial charge in [-0.1, -0.05) is 6.42 Å². The Balaban J connectivity index is 1.57. The normalized spacial score (nSPS) is 20.1. The summed E-state index contributed by atoms with van der Waals surface area (Å²) in [4.78, 5) is 7.78. The van der Waals surface area contributed by atoms with Crippen LogP contribution in [-0.2, 0) is 6.42 Å². The molecule has 1 unspecified atom stereocenters. The molecule has 2 N–H and O–H groups in total. The number of aromatic nitrogens is 2. The van der Waals surface area contributed by atoms with Gasteiger partial charge in [0.1, 0.15) is 0 Å². The summed E-state index contributed by atoms with van der Waals surface area (Å²) >= 11 is 1.78. The average molecular weight is 261 g/mol. The molecule has 0 saturated carbocycles. The summed E-state index contributed by atoms with van der Waals surface area (Å²) in [6, 6.07) is 2.78. The van der Waals surface area contributed by atoms with Crippen molar-refractivity contribution in [3.8, 4) is 11.3 Å². The lowest BCUT2D eigenvalue weighted by Gasteiger charge is -2.22. The molecule has 1 aliphatic rings. The van der Waals surface area contributed by atoms with E-state index in [4.69, 9.17) is 4.98 Å². The van der Waals surface area contributed by atoms with Crippen LogP contribution in [0.3, 0.4) is 0 Å². The highest BCUT2D eigenvalue weighted by Crippen LogP contribution is 2.23. The quantitative estimate of drug-likeness (QED) is 0.887. The van der Waals surface area contributed by atoms with Gasteiger partial charge in [-0.25, -0.2) is 4.98 Å². The van der Waals surface area contributed by atoms with Gasteiger partial charge in [0.25, 0.3) is 0 Å². The van der Waals surface area contributed by atoms with E-state index in [0.29, 0.717) is 6.04 Å². The van der Waals surface area contributed by atoms with Gasteiger partial charge in [-0.05, 0) is 31.9 Å². The molecule has 18 heavy (non-hydrogen) atoms. The number of H-pyrrole nitrogens is 1. The second-order valence-electron chi connectivity index (χ2n) is 4.91. The fourth-order valence-electron chi connectivity index (χ4n) is 2.51. The number of aromatic amines is 1. The van der Waals surface area contributed by atoms with Gasteiger partial charge in [0.15, 0.2) is 0 Å². The van der Waals surface area contributed by atoms with Crippen molar-refractivity contribution in [2.45, 2.75) is 38.1 Å². The summed E-state index contributed by atoms with van der Waals surface area (Å²) in [5.41, 5.74) is 2.29. The molecule has 1 atom stereocenters. The maximum absolute atomic E-state index is 4.71. The molecule has 96 valence electrons. The third-order valence-corrected chi connectivity index (χ3v) is 4.47. The lowest BCUT2D eigenvalue weighted by Crippen LogP contribution is -2.34. The molecule has 3 heterocycles. The summed E-state index contributed by atoms with van der Waals surface area (Å²) < 4.78 is 0. The van der Waals surface area contributed by atoms with E-state index in [1.54, 1.807) is 11.3 Å². The van der Waals surface area contributed by atoms with Gasteiger partial charge < -0.3 is 10.3 Å². The maximum Gasteiger partial charge on any atom is 0.0933 e. The van der Waals surface area contributed by atoms with Crippen molar-refractivity contribution >= 4 is 11.3 Å². The molecule has 0 bridgehead atoms. The number of hydrogen-bond acceptors (Lipinski definition) is 3. The van der Waals surface area contributed by atoms with Gasteiger partial charge >= 0.3 is 0 Å². The maximum atomic E-state index is 4.71. The Hall–Kier alpha value is -1.13. The van der Waals surface area contributed by atoms with E-state index in [9.17, 15) is 0 Å². The van der Waals surface area contributed by atoms with Crippen molar-refractivity contribution in [1.29, 1.82) is 0 Å². The summed E-state index contributed by atoms with van der Waals surface area (Å²) in [7, 11) is 0. The number of rotatable bonds is 4. The van der Waals surface area contributed by atoms with Crippen LogP contribution in [0.1, 0.15) is 30.7 Å². The first-order valence-electron chi connectivity index (χ1n) is 6.73. The lowest BCUT2D eigenvalue weighted by atomic mass is 10.0. The zero-order valence-corrected chi connectivity index (χ0v) is 11.3. The number of nitrogens with one attached hydrogen (secondary N) is 2. The van der Waals surface area contributed by atoms with Crippen molar-refractivity contribution in [2.75, 3.05) is 6.54 Å². The number of thiazole rings is 1. The van der Waals surface area contributed by atoms with E-state index in [-0.39, 0.29) is 0 Å². The van der Waals surface area contributed by atoms with Gasteiger partial charge in [0.05, 0.1) is 10.7 Å². The van der Waals surface area contributed by atoms with Crippen LogP contribution < -0.4 is 5.32 Å². The fourth-order valence-corrected chi connectivity index (χ4v) is 3.33. The van der Waals surface area contributed by atoms with Crippen molar-refractivity contribution in [1.82, 2.24) is 15.3 Å². The Labute approximate surface area is 112 Å². The molecule has 3 nitrogen and oxygen atoms in total. The zero-order valence-electron chi connectivity index (χ0n) is 10.5. The molecule has 4 heteroatoms. The molecule has 0 aromatic carbocycles. The fraction of sp³-hybridized carbons (Fsp3) is 0.500. The minimum atomic E-state index is 0.707. The second-order valence-corrected chi connectivity index (χ2v) is 5.85. The molecule has 2 aromatic heterocycles. The Kier molecular flexibility index (Phi) is 3.76. The van der Waals surface area contributed by atoms with Crippen molar-refractivity contribution in [3.63, 3.8) is 0 Å². The summed E-state index contributed by atoms with van der Waals surface area (Å²) in [6.07, 6.45) is 10.3. The predicted octanol–water partition coefficient (Wildman–Crippen LogP) is 3.21. The first-order valence-corrected chi connectivity index (χ1v) is 7.61. The van der Waals surface area contributed by atoms with Gasteiger partial charge in [-0.15, -0.1) is 11.3 Å². The lowest BCUT2D eigenvalue weighted by molar-refractivity contribution is 0.382. The third-order valence-electron chi connectivity index (χ3n) is 3.56. The second kappa shape index (κ2) is 5.67. The molecule has 0 radical (unpaired) electrons. The highest BCUT2D eigenvalue weighted by atomic mass is 32.1. The summed E-state index contributed by atoms with van der Waals surface area (Å²) in [6.45, 7) is 1.19. The van der Waals surface area contributed by atoms with Crippen LogP contribution in [-0.4, -0.2) is 22.6 Å². The predicted molar refractivity (Wildman–Crippen MR) is 75.9 cm³/mol. The Morgan fingerprint density at radius 3 is 3.17 bits per heavy atom. The highest BCUT2D eigenvalue weighted by molar-refractivity contribution is 7.09. The van der Waals surface area contributed by atoms with Crippen molar-refractivity contribution in [2.24, 2.45) is 0 Å². The molecule has 0 aliphatic carbocycles. The number of piperidine rings is 1. The highest BCUT2D eigenvalue weighted by Gasteiger charge is 2.13. The van der Waals surface area contributed by atoms with E-state index in [2.05, 4.69) is 21.7 Å². The Bertz CT molecular complexity index is 469. The first kappa shape index (κ1) is 11.9. The molecule has 1 aliphatic heterocycles. The SMILES string of the molecule is c1cc(-c2csc(CCC3CCCCN3)n2)c[nH]1. The summed E-state index contributed by atoms with van der Waals surface area (Å²) in [5, 5.41) is 7.02. The van der Waals surface area contributed by atoms with E-state index >= 15 is 0 Å². The molecular weight excluding hydrogens is 242 g/mol. The Morgan fingerprint density at radius 1 is 1.39 bits per heavy atom. The standard InChI is InChI=1S/C14H19N3S/c1-2-7-16-12(3-1)4-5-14-17-13(10-18-14)11-6-8-15-9-11/h6,8-10,12,15-16H,1-5,7H2. The van der Waals surface area contributed by atoms with Crippen LogP contribution in [0.25, 0.3) is 11.3 Å². The van der Waals surface area contributed by atoms with Crippen LogP contribution in [0.15, 0.2) is 23.8 Å². The Morgan fingerprint density at radius 2 is 2.39 bits per heavy atom. The molecule has 0 amide bonds. The smallest absolute Gasteiger partial charge is 0.0933 e. The van der Waals surface area contributed by atoms with Gasteiger partial charge in [-0.2, -0.15) is 0 Å². The zero-order chi connectivity index (χ0) is 12.2. The van der Waals surface area contributed by atoms with Crippen LogP contribution in [0, 0.1) is 0 Å². The minimum Gasteiger partial charge on any atom is -0.367 e. The average Bonchev–Trinajstić information content (AvgIpc) is 3.08. The third kappa shape index (κ3) is 2.82. The van der Waals surface area contributed by atoms with Crippen LogP contribution in [0.2, 0.25) is 0 Å². The molecule has 1 saturated heterocycles. The number of aryl methyl sites for hydroxylation is 1. The van der Waals surface area contributed by atoms with Crippen molar-refractivity contribution in [3.05, 3.63) is 28.8 Å². The van der Waals surface area contributed by atoms with Gasteiger partial charge in [0.2, 0.25) is 0 Å². The van der Waals surface area contributed by atoms with Crippen molar-refractivity contribution < 1.29 is 0 Å². The largest absolute Gasteiger partial charge is 0.367 e. The molecular formula is C14H19N3S. The van der Waals surface area contributed by atoms with Crippen LogP contribution in [0.4, 0.5) is 0 Å². The monoisotopic (exact) mass is 261 g/mol. The van der Waals surface area contributed by atoms with Crippen LogP contribution in [0.5, 0.6) is 0 Å². The van der Waals surface area contributed by atoms with E-state index < -0.39 is 0 Å². The molecule has 0 spiro atoms. The summed E-state index contributed by atoms with van der Waals surface area (Å²) in [5.74, 6) is 0. The minimum absolute atomic E-state index is 0.707. The number of nitrogens with zero attached hydrogens (tertiary/aromatic N) is 1. The van der Waals surface area contributed by atoms with Crippen LogP contribution >= 0.6 is 11.3 Å². The molecule has 2 aromatic rings. The topological polar surface area (TPSA) is 40.7 Å². The van der Waals surface area contributed by atoms with E-state index in [1.807, 2.05) is 12.4 Å². The van der Waals surface area contributed by atoms with E-state index in [1.165, 1.54) is 42.8 Å². The number of hydrogen-bond donors (Lipinski definition) is 2. The van der Waals surface area contributed by atoms with Gasteiger partial charge in [-0.3, -0.25) is 0 Å². The van der Waals surface area contributed by atoms with Gasteiger partial charge in [0, 0.05) is 35.8 Å². The molecule has 3 rings (SSSR count). The first-order chi connectivity index (χ1) is 8.92.